The first-order chi connectivity index (χ1) is 11.7. The molecular formula is C17H22Cl2N6O. The van der Waals surface area contributed by atoms with Crippen LogP contribution < -0.4 is 11.1 Å². The van der Waals surface area contributed by atoms with Gasteiger partial charge in [0.2, 0.25) is 0 Å². The Morgan fingerprint density at radius 3 is 2.73 bits per heavy atom. The summed E-state index contributed by atoms with van der Waals surface area (Å²) in [6, 6.07) is 9.72. The van der Waals surface area contributed by atoms with Gasteiger partial charge in [-0.25, -0.2) is 4.68 Å². The van der Waals surface area contributed by atoms with Crippen LogP contribution in [0, 0.1) is 6.92 Å². The first-order valence-electron chi connectivity index (χ1n) is 7.97. The molecule has 3 rings (SSSR count). The van der Waals surface area contributed by atoms with Gasteiger partial charge in [-0.15, -0.1) is 29.9 Å². The Bertz CT molecular complexity index is 862. The van der Waals surface area contributed by atoms with Crippen molar-refractivity contribution in [3.05, 3.63) is 47.9 Å². The van der Waals surface area contributed by atoms with Gasteiger partial charge in [0.25, 0.3) is 5.91 Å². The fourth-order valence-electron chi connectivity index (χ4n) is 2.58. The summed E-state index contributed by atoms with van der Waals surface area (Å²) in [5.41, 5.74) is 8.09. The number of benzene rings is 1. The van der Waals surface area contributed by atoms with Crippen LogP contribution in [0.2, 0.25) is 0 Å². The Labute approximate surface area is 164 Å². The number of rotatable bonds is 6. The second-order valence-corrected chi connectivity index (χ2v) is 5.54. The largest absolute Gasteiger partial charge is 0.351 e. The minimum Gasteiger partial charge on any atom is -0.351 e. The SMILES string of the molecule is Cc1c(C(=O)NCCCCN)nnn1-c1cccc2cccnc12.Cl.Cl. The second-order valence-electron chi connectivity index (χ2n) is 5.54. The lowest BCUT2D eigenvalue weighted by molar-refractivity contribution is 0.0947. The normalized spacial score (nSPS) is 10.1. The molecule has 140 valence electrons. The van der Waals surface area contributed by atoms with Crippen LogP contribution >= 0.6 is 24.8 Å². The summed E-state index contributed by atoms with van der Waals surface area (Å²) in [6.07, 6.45) is 3.47. The fraction of sp³-hybridized carbons (Fsp3) is 0.294. The quantitative estimate of drug-likeness (QED) is 0.623. The molecule has 2 heterocycles. The van der Waals surface area contributed by atoms with E-state index < -0.39 is 0 Å². The third-order valence-electron chi connectivity index (χ3n) is 3.87. The number of amides is 1. The summed E-state index contributed by atoms with van der Waals surface area (Å²) in [7, 11) is 0. The lowest BCUT2D eigenvalue weighted by atomic mass is 10.2. The number of para-hydroxylation sites is 1. The maximum atomic E-state index is 12.3. The predicted molar refractivity (Wildman–Crippen MR) is 107 cm³/mol. The molecule has 0 saturated heterocycles. The fourth-order valence-corrected chi connectivity index (χ4v) is 2.58. The van der Waals surface area contributed by atoms with Crippen LogP contribution in [0.1, 0.15) is 29.0 Å². The lowest BCUT2D eigenvalue weighted by Crippen LogP contribution is -2.26. The van der Waals surface area contributed by atoms with Crippen molar-refractivity contribution in [3.63, 3.8) is 0 Å². The first-order valence-corrected chi connectivity index (χ1v) is 7.97. The first kappa shape index (κ1) is 21.8. The van der Waals surface area contributed by atoms with Crippen LogP contribution in [0.3, 0.4) is 0 Å². The number of fused-ring (bicyclic) bond motifs is 1. The van der Waals surface area contributed by atoms with Gasteiger partial charge in [-0.3, -0.25) is 9.78 Å². The van der Waals surface area contributed by atoms with Gasteiger partial charge in [0.05, 0.1) is 16.9 Å². The number of nitrogens with two attached hydrogens (primary N) is 1. The van der Waals surface area contributed by atoms with E-state index in [0.29, 0.717) is 24.5 Å². The van der Waals surface area contributed by atoms with Gasteiger partial charge >= 0.3 is 0 Å². The predicted octanol–water partition coefficient (Wildman–Crippen LogP) is 2.44. The molecule has 0 fully saturated rings. The molecule has 1 amide bonds. The zero-order valence-electron chi connectivity index (χ0n) is 14.4. The molecule has 9 heteroatoms. The highest BCUT2D eigenvalue weighted by atomic mass is 35.5. The van der Waals surface area contributed by atoms with Crippen LogP contribution in [0.4, 0.5) is 0 Å². The zero-order valence-corrected chi connectivity index (χ0v) is 16.0. The molecule has 3 N–H and O–H groups in total. The number of carbonyl (C=O) groups excluding carboxylic acids is 1. The molecule has 0 spiro atoms. The summed E-state index contributed by atoms with van der Waals surface area (Å²) in [6.45, 7) is 3.04. The topological polar surface area (TPSA) is 98.7 Å². The Balaban J connectivity index is 0.00000169. The molecule has 0 atom stereocenters. The van der Waals surface area contributed by atoms with Crippen molar-refractivity contribution in [3.8, 4) is 5.69 Å². The molecule has 1 aromatic carbocycles. The Hall–Kier alpha value is -2.22. The van der Waals surface area contributed by atoms with Crippen LogP contribution in [-0.2, 0) is 0 Å². The Morgan fingerprint density at radius 1 is 1.19 bits per heavy atom. The van der Waals surface area contributed by atoms with Gasteiger partial charge in [0.1, 0.15) is 0 Å². The standard InChI is InChI=1S/C17H20N6O.2ClH/c1-12-15(17(24)20-10-3-2-9-18)21-22-23(12)14-8-4-6-13-7-5-11-19-16(13)14;;/h4-8,11H,2-3,9-10,18H2,1H3,(H,20,24);2*1H. The van der Waals surface area contributed by atoms with Gasteiger partial charge < -0.3 is 11.1 Å². The third-order valence-corrected chi connectivity index (χ3v) is 3.87. The molecule has 0 aliphatic rings. The van der Waals surface area contributed by atoms with Gasteiger partial charge in [0.15, 0.2) is 5.69 Å². The number of aromatic nitrogens is 4. The third kappa shape index (κ3) is 4.49. The zero-order chi connectivity index (χ0) is 16.9. The molecule has 0 unspecified atom stereocenters. The van der Waals surface area contributed by atoms with E-state index in [0.717, 1.165) is 29.4 Å². The van der Waals surface area contributed by atoms with Crippen molar-refractivity contribution in [2.75, 3.05) is 13.1 Å². The number of hydrogen-bond donors (Lipinski definition) is 2. The van der Waals surface area contributed by atoms with E-state index in [2.05, 4.69) is 20.6 Å². The van der Waals surface area contributed by atoms with Gasteiger partial charge in [-0.05, 0) is 38.4 Å². The average Bonchev–Trinajstić information content (AvgIpc) is 2.99. The van der Waals surface area contributed by atoms with E-state index in [1.54, 1.807) is 10.9 Å². The van der Waals surface area contributed by atoms with E-state index in [-0.39, 0.29) is 30.7 Å². The molecule has 0 aliphatic heterocycles. The number of halogens is 2. The monoisotopic (exact) mass is 396 g/mol. The Morgan fingerprint density at radius 2 is 1.96 bits per heavy atom. The number of unbranched alkanes of at least 4 members (excludes halogenated alkanes) is 1. The van der Waals surface area contributed by atoms with Gasteiger partial charge in [-0.1, -0.05) is 23.4 Å². The van der Waals surface area contributed by atoms with Crippen LogP contribution in [0.5, 0.6) is 0 Å². The van der Waals surface area contributed by atoms with Crippen molar-refractivity contribution in [2.24, 2.45) is 5.73 Å². The highest BCUT2D eigenvalue weighted by molar-refractivity contribution is 5.93. The van der Waals surface area contributed by atoms with Crippen LogP contribution in [-0.4, -0.2) is 39.0 Å². The molecule has 26 heavy (non-hydrogen) atoms. The number of nitrogens with zero attached hydrogens (tertiary/aromatic N) is 4. The van der Waals surface area contributed by atoms with Crippen molar-refractivity contribution >= 4 is 41.6 Å². The highest BCUT2D eigenvalue weighted by Gasteiger charge is 2.18. The van der Waals surface area contributed by atoms with Crippen LogP contribution in [0.25, 0.3) is 16.6 Å². The maximum Gasteiger partial charge on any atom is 0.273 e. The molecule has 0 aliphatic carbocycles. The number of hydrogen-bond acceptors (Lipinski definition) is 5. The summed E-state index contributed by atoms with van der Waals surface area (Å²) >= 11 is 0. The van der Waals surface area contributed by atoms with E-state index in [1.165, 1.54) is 0 Å². The summed E-state index contributed by atoms with van der Waals surface area (Å²) in [5.74, 6) is -0.219. The van der Waals surface area contributed by atoms with Gasteiger partial charge in [0, 0.05) is 18.1 Å². The minimum atomic E-state index is -0.219. The molecule has 0 radical (unpaired) electrons. The minimum absolute atomic E-state index is 0. The molecule has 0 saturated carbocycles. The van der Waals surface area contributed by atoms with Crippen LogP contribution in [0.15, 0.2) is 36.5 Å². The van der Waals surface area contributed by atoms with E-state index >= 15 is 0 Å². The van der Waals surface area contributed by atoms with E-state index in [9.17, 15) is 4.79 Å². The van der Waals surface area contributed by atoms with Crippen molar-refractivity contribution in [1.82, 2.24) is 25.3 Å². The Kier molecular flexibility index (Phi) is 8.44. The maximum absolute atomic E-state index is 12.3. The van der Waals surface area contributed by atoms with Crippen molar-refractivity contribution < 1.29 is 4.79 Å². The highest BCUT2D eigenvalue weighted by Crippen LogP contribution is 2.21. The van der Waals surface area contributed by atoms with E-state index in [1.807, 2.05) is 37.3 Å². The van der Waals surface area contributed by atoms with E-state index in [4.69, 9.17) is 5.73 Å². The number of pyridine rings is 1. The molecule has 2 aromatic heterocycles. The summed E-state index contributed by atoms with van der Waals surface area (Å²) in [4.78, 5) is 16.7. The summed E-state index contributed by atoms with van der Waals surface area (Å²) < 4.78 is 1.66. The second kappa shape index (κ2) is 10.1. The van der Waals surface area contributed by atoms with Gasteiger partial charge in [-0.2, -0.15) is 0 Å². The molecule has 7 nitrogen and oxygen atoms in total. The summed E-state index contributed by atoms with van der Waals surface area (Å²) in [5, 5.41) is 12.1. The lowest BCUT2D eigenvalue weighted by Gasteiger charge is -2.07. The molecular weight excluding hydrogens is 375 g/mol. The molecule has 3 aromatic rings. The van der Waals surface area contributed by atoms with Crippen molar-refractivity contribution in [2.45, 2.75) is 19.8 Å². The average molecular weight is 397 g/mol. The number of nitrogens with one attached hydrogen (secondary N) is 1. The number of carbonyl (C=O) groups is 1. The van der Waals surface area contributed by atoms with Crippen molar-refractivity contribution in [1.29, 1.82) is 0 Å². The smallest absolute Gasteiger partial charge is 0.273 e. The molecule has 0 bridgehead atoms.